The Morgan fingerprint density at radius 1 is 1.18 bits per heavy atom. The van der Waals surface area contributed by atoms with Crippen molar-refractivity contribution in [2.24, 2.45) is 5.73 Å². The van der Waals surface area contributed by atoms with Crippen molar-refractivity contribution in [1.29, 1.82) is 0 Å². The van der Waals surface area contributed by atoms with Gasteiger partial charge in [-0.2, -0.15) is 13.2 Å². The summed E-state index contributed by atoms with van der Waals surface area (Å²) >= 11 is 0. The number of hydrogen-bond donors (Lipinski definition) is 1. The summed E-state index contributed by atoms with van der Waals surface area (Å²) in [5.41, 5.74) is 6.27. The Bertz CT molecular complexity index is 506. The fourth-order valence-electron chi connectivity index (χ4n) is 1.28. The number of hydrogen-bond acceptors (Lipinski definition) is 6. The smallest absolute Gasteiger partial charge is 0.372 e. The fourth-order valence-corrected chi connectivity index (χ4v) is 1.28. The molecule has 0 unspecified atom stereocenters. The van der Waals surface area contributed by atoms with Crippen LogP contribution in [0.3, 0.4) is 0 Å². The Labute approximate surface area is 123 Å². The predicted octanol–water partition coefficient (Wildman–Crippen LogP) is 1.48. The summed E-state index contributed by atoms with van der Waals surface area (Å²) in [5, 5.41) is 0. The van der Waals surface area contributed by atoms with Gasteiger partial charge in [-0.25, -0.2) is 19.4 Å². The molecule has 1 rings (SSSR count). The number of halogens is 3. The minimum atomic E-state index is -5.26. The van der Waals surface area contributed by atoms with Crippen molar-refractivity contribution in [2.75, 3.05) is 0 Å². The van der Waals surface area contributed by atoms with Gasteiger partial charge in [0.25, 0.3) is 0 Å². The number of ether oxygens (including phenoxy) is 1. The maximum Gasteiger partial charge on any atom is 0.495 e. The van der Waals surface area contributed by atoms with Crippen molar-refractivity contribution >= 4 is 11.9 Å². The molecule has 1 aromatic carbocycles. The number of nitrogens with two attached hydrogens (primary N) is 1. The zero-order valence-electron chi connectivity index (χ0n) is 11.5. The normalized spacial score (nSPS) is 14.0. The molecule has 0 bridgehead atoms. The van der Waals surface area contributed by atoms with Gasteiger partial charge in [0.1, 0.15) is 6.04 Å². The largest absolute Gasteiger partial charge is 0.495 e. The highest BCUT2D eigenvalue weighted by molar-refractivity contribution is 5.79. The summed E-state index contributed by atoms with van der Waals surface area (Å²) in [6, 6.07) is 7.53. The number of carbonyl (C=O) groups is 2. The minimum absolute atomic E-state index is 0.144. The molecule has 0 spiro atoms. The maximum atomic E-state index is 11.8. The van der Waals surface area contributed by atoms with Crippen LogP contribution in [-0.4, -0.2) is 30.3 Å². The number of carbonyl (C=O) groups excluding carboxylic acids is 2. The Hall–Kier alpha value is -2.13. The molecular weight excluding hydrogens is 307 g/mol. The summed E-state index contributed by atoms with van der Waals surface area (Å²) in [4.78, 5) is 28.8. The van der Waals surface area contributed by atoms with E-state index in [-0.39, 0.29) is 6.61 Å². The number of rotatable bonds is 5. The molecular formula is C13H14F3NO5. The van der Waals surface area contributed by atoms with Gasteiger partial charge in [0, 0.05) is 0 Å². The average molecular weight is 321 g/mol. The molecule has 6 nitrogen and oxygen atoms in total. The van der Waals surface area contributed by atoms with E-state index in [4.69, 9.17) is 10.5 Å². The van der Waals surface area contributed by atoms with Crippen LogP contribution in [0.15, 0.2) is 30.3 Å². The molecule has 0 radical (unpaired) electrons. The lowest BCUT2D eigenvalue weighted by molar-refractivity contribution is -0.287. The van der Waals surface area contributed by atoms with Gasteiger partial charge >= 0.3 is 18.1 Å². The number of alkyl halides is 3. The van der Waals surface area contributed by atoms with Crippen LogP contribution in [0.1, 0.15) is 12.5 Å². The Kier molecular flexibility index (Phi) is 6.32. The SMILES string of the molecule is C[C@@H](OCc1ccccc1)[C@H](N)C(=O)OOC(=O)C(F)(F)F. The van der Waals surface area contributed by atoms with Crippen molar-refractivity contribution < 1.29 is 37.3 Å². The fraction of sp³-hybridized carbons (Fsp3) is 0.385. The molecule has 9 heteroatoms. The van der Waals surface area contributed by atoms with Crippen molar-refractivity contribution in [3.8, 4) is 0 Å². The van der Waals surface area contributed by atoms with Crippen molar-refractivity contribution in [2.45, 2.75) is 31.9 Å². The molecule has 0 amide bonds. The van der Waals surface area contributed by atoms with E-state index in [1.807, 2.05) is 6.07 Å². The van der Waals surface area contributed by atoms with Gasteiger partial charge < -0.3 is 10.5 Å². The van der Waals surface area contributed by atoms with Crippen LogP contribution < -0.4 is 5.73 Å². The third-order valence-electron chi connectivity index (χ3n) is 2.56. The molecule has 22 heavy (non-hydrogen) atoms. The van der Waals surface area contributed by atoms with Crippen LogP contribution >= 0.6 is 0 Å². The molecule has 0 saturated heterocycles. The second-order valence-electron chi connectivity index (χ2n) is 4.30. The molecule has 122 valence electrons. The molecule has 2 N–H and O–H groups in total. The van der Waals surface area contributed by atoms with E-state index in [0.29, 0.717) is 0 Å². The van der Waals surface area contributed by atoms with Gasteiger partial charge in [-0.3, -0.25) is 0 Å². The van der Waals surface area contributed by atoms with Crippen LogP contribution in [-0.2, 0) is 30.7 Å². The third kappa shape index (κ3) is 5.70. The monoisotopic (exact) mass is 321 g/mol. The molecule has 0 saturated carbocycles. The molecule has 0 fully saturated rings. The maximum absolute atomic E-state index is 11.8. The van der Waals surface area contributed by atoms with Gasteiger partial charge in [0.05, 0.1) is 12.7 Å². The standard InChI is InChI=1S/C13H14F3NO5/c1-8(20-7-9-5-3-2-4-6-9)10(17)11(18)21-22-12(19)13(14,15)16/h2-6,8,10H,7,17H2,1H3/t8-,10+/m1/s1. The molecule has 0 aliphatic carbocycles. The van der Waals surface area contributed by atoms with Gasteiger partial charge in [-0.05, 0) is 12.5 Å². The molecule has 0 heterocycles. The van der Waals surface area contributed by atoms with E-state index in [1.54, 1.807) is 24.3 Å². The van der Waals surface area contributed by atoms with Crippen molar-refractivity contribution in [1.82, 2.24) is 0 Å². The van der Waals surface area contributed by atoms with Crippen molar-refractivity contribution in [3.05, 3.63) is 35.9 Å². The molecule has 0 aromatic heterocycles. The second-order valence-corrected chi connectivity index (χ2v) is 4.30. The third-order valence-corrected chi connectivity index (χ3v) is 2.56. The lowest BCUT2D eigenvalue weighted by Gasteiger charge is -2.18. The van der Waals surface area contributed by atoms with E-state index < -0.39 is 30.3 Å². The first kappa shape index (κ1) is 17.9. The van der Waals surface area contributed by atoms with Crippen LogP contribution in [0, 0.1) is 0 Å². The van der Waals surface area contributed by atoms with E-state index >= 15 is 0 Å². The van der Waals surface area contributed by atoms with Gasteiger partial charge in [0.15, 0.2) is 0 Å². The highest BCUT2D eigenvalue weighted by Gasteiger charge is 2.43. The molecule has 2 atom stereocenters. The molecule has 1 aromatic rings. The van der Waals surface area contributed by atoms with Gasteiger partial charge in [0.2, 0.25) is 0 Å². The predicted molar refractivity (Wildman–Crippen MR) is 66.9 cm³/mol. The molecule has 0 aliphatic rings. The van der Waals surface area contributed by atoms with Crippen LogP contribution in [0.4, 0.5) is 13.2 Å². The van der Waals surface area contributed by atoms with E-state index in [9.17, 15) is 22.8 Å². The average Bonchev–Trinajstić information content (AvgIpc) is 2.49. The summed E-state index contributed by atoms with van der Waals surface area (Å²) in [6.45, 7) is 1.58. The summed E-state index contributed by atoms with van der Waals surface area (Å²) in [7, 11) is 0. The zero-order valence-corrected chi connectivity index (χ0v) is 11.5. The van der Waals surface area contributed by atoms with Crippen LogP contribution in [0.25, 0.3) is 0 Å². The molecule has 0 aliphatic heterocycles. The zero-order chi connectivity index (χ0) is 16.8. The first-order valence-corrected chi connectivity index (χ1v) is 6.12. The lowest BCUT2D eigenvalue weighted by Crippen LogP contribution is -2.43. The quantitative estimate of drug-likeness (QED) is 0.653. The first-order chi connectivity index (χ1) is 10.2. The van der Waals surface area contributed by atoms with E-state index in [0.717, 1.165) is 5.56 Å². The Morgan fingerprint density at radius 2 is 1.77 bits per heavy atom. The van der Waals surface area contributed by atoms with Gasteiger partial charge in [-0.15, -0.1) is 0 Å². The number of benzene rings is 1. The van der Waals surface area contributed by atoms with Crippen LogP contribution in [0.5, 0.6) is 0 Å². The lowest BCUT2D eigenvalue weighted by atomic mass is 10.2. The Morgan fingerprint density at radius 3 is 2.32 bits per heavy atom. The summed E-state index contributed by atoms with van der Waals surface area (Å²) in [6.07, 6.45) is -6.13. The van der Waals surface area contributed by atoms with E-state index in [2.05, 4.69) is 9.78 Å². The van der Waals surface area contributed by atoms with Crippen molar-refractivity contribution in [3.63, 3.8) is 0 Å². The van der Waals surface area contributed by atoms with E-state index in [1.165, 1.54) is 6.92 Å². The summed E-state index contributed by atoms with van der Waals surface area (Å²) < 4.78 is 40.8. The Balaban J connectivity index is 2.40. The second kappa shape index (κ2) is 7.76. The van der Waals surface area contributed by atoms with Gasteiger partial charge in [-0.1, -0.05) is 30.3 Å². The summed E-state index contributed by atoms with van der Waals surface area (Å²) in [5.74, 6) is -4.00. The topological polar surface area (TPSA) is 87.8 Å². The van der Waals surface area contributed by atoms with Crippen LogP contribution in [0.2, 0.25) is 0 Å². The highest BCUT2D eigenvalue weighted by atomic mass is 19.4. The first-order valence-electron chi connectivity index (χ1n) is 6.12. The minimum Gasteiger partial charge on any atom is -0.372 e. The highest BCUT2D eigenvalue weighted by Crippen LogP contribution is 2.16.